The lowest BCUT2D eigenvalue weighted by atomic mass is 9.79. The molecule has 90 valence electrons. The van der Waals surface area contributed by atoms with Crippen LogP contribution in [-0.2, 0) is 6.54 Å². The number of nitrogens with zero attached hydrogens (tertiary/aromatic N) is 2. The van der Waals surface area contributed by atoms with Crippen molar-refractivity contribution in [3.63, 3.8) is 0 Å². The van der Waals surface area contributed by atoms with Gasteiger partial charge in [0.25, 0.3) is 0 Å². The molecule has 0 aromatic carbocycles. The van der Waals surface area contributed by atoms with Crippen molar-refractivity contribution in [3.8, 4) is 0 Å². The van der Waals surface area contributed by atoms with Crippen molar-refractivity contribution in [1.82, 2.24) is 9.78 Å². The summed E-state index contributed by atoms with van der Waals surface area (Å²) in [5, 5.41) is 4.12. The molecule has 0 bridgehead atoms. The summed E-state index contributed by atoms with van der Waals surface area (Å²) in [5.74, 6) is 0.576. The van der Waals surface area contributed by atoms with Gasteiger partial charge in [-0.3, -0.25) is 9.48 Å². The van der Waals surface area contributed by atoms with E-state index in [2.05, 4.69) is 32.8 Å². The number of rotatable bonds is 4. The van der Waals surface area contributed by atoms with Crippen LogP contribution < -0.4 is 0 Å². The molecule has 1 rings (SSSR count). The van der Waals surface area contributed by atoms with Crippen LogP contribution in [0.2, 0.25) is 0 Å². The van der Waals surface area contributed by atoms with Gasteiger partial charge < -0.3 is 0 Å². The average molecular weight is 222 g/mol. The van der Waals surface area contributed by atoms with Crippen LogP contribution >= 0.6 is 0 Å². The lowest BCUT2D eigenvalue weighted by Crippen LogP contribution is -2.20. The van der Waals surface area contributed by atoms with Crippen molar-refractivity contribution in [2.45, 2.75) is 47.6 Å². The van der Waals surface area contributed by atoms with Gasteiger partial charge in [-0.1, -0.05) is 27.7 Å². The number of hydrogen-bond donors (Lipinski definition) is 0. The molecule has 0 aliphatic carbocycles. The van der Waals surface area contributed by atoms with Gasteiger partial charge in [0.05, 0.1) is 11.8 Å². The van der Waals surface area contributed by atoms with Crippen molar-refractivity contribution in [2.75, 3.05) is 0 Å². The molecule has 1 unspecified atom stereocenters. The lowest BCUT2D eigenvalue weighted by molar-refractivity contribution is 0.0927. The standard InChI is InChI=1S/C13H22N2O/c1-6-15-9-11(8-14-15)12(16)7-10(2)13(3,4)5/h8-10H,6-7H2,1-5H3. The van der Waals surface area contributed by atoms with E-state index in [1.54, 1.807) is 10.9 Å². The molecule has 0 amide bonds. The second kappa shape index (κ2) is 4.81. The minimum absolute atomic E-state index is 0.177. The van der Waals surface area contributed by atoms with Gasteiger partial charge >= 0.3 is 0 Å². The Bertz CT molecular complexity index is 360. The summed E-state index contributed by atoms with van der Waals surface area (Å²) >= 11 is 0. The number of aromatic nitrogens is 2. The molecular formula is C13H22N2O. The van der Waals surface area contributed by atoms with Crippen LogP contribution in [0.4, 0.5) is 0 Å². The molecule has 0 spiro atoms. The Morgan fingerprint density at radius 2 is 2.12 bits per heavy atom. The van der Waals surface area contributed by atoms with Crippen molar-refractivity contribution in [1.29, 1.82) is 0 Å². The summed E-state index contributed by atoms with van der Waals surface area (Å²) in [7, 11) is 0. The third-order valence-electron chi connectivity index (χ3n) is 3.25. The van der Waals surface area contributed by atoms with Crippen molar-refractivity contribution >= 4 is 5.78 Å². The van der Waals surface area contributed by atoms with Gasteiger partial charge in [0.1, 0.15) is 0 Å². The molecule has 0 aliphatic heterocycles. The fourth-order valence-electron chi connectivity index (χ4n) is 1.38. The van der Waals surface area contributed by atoms with Crippen molar-refractivity contribution < 1.29 is 4.79 Å². The maximum absolute atomic E-state index is 12.0. The van der Waals surface area contributed by atoms with E-state index in [0.717, 1.165) is 12.1 Å². The minimum Gasteiger partial charge on any atom is -0.294 e. The van der Waals surface area contributed by atoms with E-state index in [9.17, 15) is 4.79 Å². The van der Waals surface area contributed by atoms with Crippen LogP contribution in [-0.4, -0.2) is 15.6 Å². The summed E-state index contributed by atoms with van der Waals surface area (Å²) in [6.45, 7) is 11.4. The van der Waals surface area contributed by atoms with E-state index in [0.29, 0.717) is 12.3 Å². The molecule has 0 saturated heterocycles. The van der Waals surface area contributed by atoms with E-state index >= 15 is 0 Å². The zero-order chi connectivity index (χ0) is 12.3. The van der Waals surface area contributed by atoms with E-state index in [4.69, 9.17) is 0 Å². The molecule has 0 fully saturated rings. The monoisotopic (exact) mass is 222 g/mol. The third kappa shape index (κ3) is 3.19. The number of hydrogen-bond acceptors (Lipinski definition) is 2. The highest BCUT2D eigenvalue weighted by Crippen LogP contribution is 2.29. The largest absolute Gasteiger partial charge is 0.294 e. The highest BCUT2D eigenvalue weighted by Gasteiger charge is 2.23. The van der Waals surface area contributed by atoms with E-state index < -0.39 is 0 Å². The first-order valence-electron chi connectivity index (χ1n) is 5.90. The number of Topliss-reactive ketones (excluding diaryl/α,β-unsaturated/α-hetero) is 1. The van der Waals surface area contributed by atoms with Gasteiger partial charge in [0.15, 0.2) is 5.78 Å². The third-order valence-corrected chi connectivity index (χ3v) is 3.25. The van der Waals surface area contributed by atoms with Gasteiger partial charge in [0.2, 0.25) is 0 Å². The van der Waals surface area contributed by atoms with E-state index in [1.807, 2.05) is 13.1 Å². The highest BCUT2D eigenvalue weighted by atomic mass is 16.1. The van der Waals surface area contributed by atoms with Gasteiger partial charge in [-0.05, 0) is 18.3 Å². The fraction of sp³-hybridized carbons (Fsp3) is 0.692. The maximum Gasteiger partial charge on any atom is 0.166 e. The van der Waals surface area contributed by atoms with E-state index in [-0.39, 0.29) is 11.2 Å². The molecular weight excluding hydrogens is 200 g/mol. The molecule has 0 saturated carbocycles. The molecule has 0 aliphatic rings. The summed E-state index contributed by atoms with van der Waals surface area (Å²) in [6, 6.07) is 0. The van der Waals surface area contributed by atoms with Crippen LogP contribution in [0.5, 0.6) is 0 Å². The van der Waals surface area contributed by atoms with Crippen LogP contribution in [0, 0.1) is 11.3 Å². The zero-order valence-electron chi connectivity index (χ0n) is 10.9. The Morgan fingerprint density at radius 3 is 2.56 bits per heavy atom. The highest BCUT2D eigenvalue weighted by molar-refractivity contribution is 5.95. The van der Waals surface area contributed by atoms with Crippen molar-refractivity contribution in [3.05, 3.63) is 18.0 Å². The molecule has 3 heteroatoms. The molecule has 1 aromatic rings. The molecule has 16 heavy (non-hydrogen) atoms. The lowest BCUT2D eigenvalue weighted by Gasteiger charge is -2.26. The minimum atomic E-state index is 0.177. The van der Waals surface area contributed by atoms with Crippen molar-refractivity contribution in [2.24, 2.45) is 11.3 Å². The van der Waals surface area contributed by atoms with Crippen LogP contribution in [0.1, 0.15) is 51.4 Å². The number of aryl methyl sites for hydroxylation is 1. The van der Waals surface area contributed by atoms with Gasteiger partial charge in [0, 0.05) is 19.2 Å². The Morgan fingerprint density at radius 1 is 1.50 bits per heavy atom. The SMILES string of the molecule is CCn1cc(C(=O)CC(C)C(C)(C)C)cn1. The Hall–Kier alpha value is -1.12. The predicted octanol–water partition coefficient (Wildman–Crippen LogP) is 3.16. The number of carbonyl (C=O) groups is 1. The summed E-state index contributed by atoms with van der Waals surface area (Å²) in [4.78, 5) is 12.0. The Labute approximate surface area is 97.8 Å². The summed E-state index contributed by atoms with van der Waals surface area (Å²) in [6.07, 6.45) is 4.10. The second-order valence-electron chi connectivity index (χ2n) is 5.48. The molecule has 1 aromatic heterocycles. The van der Waals surface area contributed by atoms with Crippen LogP contribution in [0.3, 0.4) is 0 Å². The fourth-order valence-corrected chi connectivity index (χ4v) is 1.38. The Balaban J connectivity index is 2.66. The zero-order valence-corrected chi connectivity index (χ0v) is 10.9. The van der Waals surface area contributed by atoms with Gasteiger partial charge in [-0.25, -0.2) is 0 Å². The first kappa shape index (κ1) is 12.9. The molecule has 0 N–H and O–H groups in total. The van der Waals surface area contributed by atoms with Crippen LogP contribution in [0.15, 0.2) is 12.4 Å². The van der Waals surface area contributed by atoms with Gasteiger partial charge in [-0.15, -0.1) is 0 Å². The van der Waals surface area contributed by atoms with Gasteiger partial charge in [-0.2, -0.15) is 5.10 Å². The first-order chi connectivity index (χ1) is 7.34. The summed E-state index contributed by atoms with van der Waals surface area (Å²) < 4.78 is 1.79. The normalized spacial score (nSPS) is 13.8. The van der Waals surface area contributed by atoms with E-state index in [1.165, 1.54) is 0 Å². The number of ketones is 1. The smallest absolute Gasteiger partial charge is 0.166 e. The molecule has 1 heterocycles. The topological polar surface area (TPSA) is 34.9 Å². The molecule has 3 nitrogen and oxygen atoms in total. The number of carbonyl (C=O) groups excluding carboxylic acids is 1. The maximum atomic E-state index is 12.0. The quantitative estimate of drug-likeness (QED) is 0.733. The first-order valence-corrected chi connectivity index (χ1v) is 5.90. The Kier molecular flexibility index (Phi) is 3.89. The predicted molar refractivity (Wildman–Crippen MR) is 65.5 cm³/mol. The summed E-state index contributed by atoms with van der Waals surface area (Å²) in [5.41, 5.74) is 0.911. The van der Waals surface area contributed by atoms with Crippen LogP contribution in [0.25, 0.3) is 0 Å². The second-order valence-corrected chi connectivity index (χ2v) is 5.48. The molecule has 1 atom stereocenters. The average Bonchev–Trinajstić information content (AvgIpc) is 2.64. The molecule has 0 radical (unpaired) electrons.